The van der Waals surface area contributed by atoms with Gasteiger partial charge in [0.15, 0.2) is 5.76 Å². The molecule has 2 aromatic rings. The predicted molar refractivity (Wildman–Crippen MR) is 89.7 cm³/mol. The smallest absolute Gasteiger partial charge is 0.344 e. The fraction of sp³-hybridized carbons (Fsp3) is 0.105. The maximum atomic E-state index is 12.3. The number of carbonyl (C=O) groups excluding carboxylic acids is 2. The van der Waals surface area contributed by atoms with Crippen LogP contribution in [-0.2, 0) is 9.53 Å². The Morgan fingerprint density at radius 2 is 1.75 bits per heavy atom. The van der Waals surface area contributed by atoms with Crippen LogP contribution in [0.3, 0.4) is 0 Å². The first kappa shape index (κ1) is 15.7. The van der Waals surface area contributed by atoms with Crippen molar-refractivity contribution in [2.24, 2.45) is 4.99 Å². The van der Waals surface area contributed by atoms with Crippen LogP contribution in [0.5, 0.6) is 0 Å². The number of ketones is 1. The number of cyclic esters (lactones) is 1. The molecule has 0 aromatic heterocycles. The number of nitrogens with zero attached hydrogens (tertiary/aromatic N) is 1. The van der Waals surface area contributed by atoms with Crippen LogP contribution in [0.25, 0.3) is 0 Å². The van der Waals surface area contributed by atoms with Gasteiger partial charge in [-0.15, -0.1) is 0 Å². The number of ether oxygens (including phenoxy) is 1. The third-order valence-corrected chi connectivity index (χ3v) is 3.62. The maximum Gasteiger partial charge on any atom is 0.344 e. The molecular weight excluding hydrogens is 306 g/mol. The third-order valence-electron chi connectivity index (χ3n) is 3.62. The first-order chi connectivity index (χ1) is 11.6. The van der Waals surface area contributed by atoms with Crippen LogP contribution in [0.2, 0.25) is 0 Å². The van der Waals surface area contributed by atoms with Crippen molar-refractivity contribution in [3.05, 3.63) is 77.1 Å². The monoisotopic (exact) mass is 321 g/mol. The van der Waals surface area contributed by atoms with Crippen LogP contribution in [0.4, 0.5) is 5.69 Å². The maximum absolute atomic E-state index is 12.3. The van der Waals surface area contributed by atoms with Crippen molar-refractivity contribution in [3.8, 4) is 0 Å². The number of esters is 1. The van der Waals surface area contributed by atoms with Crippen LogP contribution in [0.15, 0.2) is 70.9 Å². The van der Waals surface area contributed by atoms with Gasteiger partial charge in [0.25, 0.3) is 0 Å². The van der Waals surface area contributed by atoms with Crippen LogP contribution >= 0.6 is 0 Å². The summed E-state index contributed by atoms with van der Waals surface area (Å²) in [5, 5.41) is 10.3. The van der Waals surface area contributed by atoms with E-state index in [1.807, 2.05) is 19.1 Å². The number of hydrogen-bond acceptors (Lipinski definition) is 5. The molecule has 0 atom stereocenters. The Morgan fingerprint density at radius 3 is 2.42 bits per heavy atom. The molecule has 0 saturated carbocycles. The van der Waals surface area contributed by atoms with Gasteiger partial charge in [-0.05, 0) is 19.1 Å². The topological polar surface area (TPSA) is 76.0 Å². The number of aryl methyl sites for hydroxylation is 1. The summed E-state index contributed by atoms with van der Waals surface area (Å²) in [6.45, 7) is 1.88. The summed E-state index contributed by atoms with van der Waals surface area (Å²) in [5.41, 5.74) is 2.05. The van der Waals surface area contributed by atoms with Gasteiger partial charge in [0.05, 0.1) is 11.4 Å². The fourth-order valence-electron chi connectivity index (χ4n) is 2.33. The van der Waals surface area contributed by atoms with Gasteiger partial charge in [0.2, 0.25) is 5.78 Å². The SMILES string of the molecule is Cc1ccc(N=C2COC(=O)/C2=C(/O)C(=O)c2ccccc2)cc1. The van der Waals surface area contributed by atoms with Gasteiger partial charge in [-0.3, -0.25) is 4.79 Å². The van der Waals surface area contributed by atoms with E-state index in [1.54, 1.807) is 42.5 Å². The molecular formula is C19H15NO4. The highest BCUT2D eigenvalue weighted by Crippen LogP contribution is 2.22. The Balaban J connectivity index is 2.01. The molecule has 0 bridgehead atoms. The number of allylic oxidation sites excluding steroid dienone is 1. The average molecular weight is 321 g/mol. The molecule has 120 valence electrons. The minimum absolute atomic E-state index is 0.0752. The van der Waals surface area contributed by atoms with E-state index in [0.29, 0.717) is 5.69 Å². The lowest BCUT2D eigenvalue weighted by molar-refractivity contribution is -0.135. The molecule has 1 heterocycles. The Labute approximate surface area is 138 Å². The molecule has 24 heavy (non-hydrogen) atoms. The quantitative estimate of drug-likeness (QED) is 0.407. The second-order valence-corrected chi connectivity index (χ2v) is 5.39. The molecule has 0 amide bonds. The molecule has 5 nitrogen and oxygen atoms in total. The van der Waals surface area contributed by atoms with Crippen molar-refractivity contribution in [2.45, 2.75) is 6.92 Å². The number of hydrogen-bond donors (Lipinski definition) is 1. The Morgan fingerprint density at radius 1 is 1.08 bits per heavy atom. The van der Waals surface area contributed by atoms with Crippen molar-refractivity contribution < 1.29 is 19.4 Å². The molecule has 0 aliphatic carbocycles. The highest BCUT2D eigenvalue weighted by molar-refractivity contribution is 6.29. The van der Waals surface area contributed by atoms with Gasteiger partial charge in [0.1, 0.15) is 12.2 Å². The van der Waals surface area contributed by atoms with E-state index in [-0.39, 0.29) is 23.5 Å². The van der Waals surface area contributed by atoms with Crippen molar-refractivity contribution in [1.29, 1.82) is 0 Å². The summed E-state index contributed by atoms with van der Waals surface area (Å²) < 4.78 is 4.94. The van der Waals surface area contributed by atoms with Gasteiger partial charge < -0.3 is 9.84 Å². The molecule has 1 aliphatic heterocycles. The van der Waals surface area contributed by atoms with E-state index in [4.69, 9.17) is 4.74 Å². The number of Topliss-reactive ketones (excluding diaryl/α,β-unsaturated/α-hetero) is 1. The summed E-state index contributed by atoms with van der Waals surface area (Å²) in [7, 11) is 0. The summed E-state index contributed by atoms with van der Waals surface area (Å²) in [4.78, 5) is 28.6. The average Bonchev–Trinajstić information content (AvgIpc) is 2.97. The van der Waals surface area contributed by atoms with E-state index in [9.17, 15) is 14.7 Å². The van der Waals surface area contributed by atoms with E-state index >= 15 is 0 Å². The molecule has 1 saturated heterocycles. The van der Waals surface area contributed by atoms with Crippen LogP contribution in [0.1, 0.15) is 15.9 Å². The van der Waals surface area contributed by atoms with Crippen molar-refractivity contribution in [3.63, 3.8) is 0 Å². The minimum Gasteiger partial charge on any atom is -0.503 e. The van der Waals surface area contributed by atoms with Crippen molar-refractivity contribution in [2.75, 3.05) is 6.61 Å². The van der Waals surface area contributed by atoms with Gasteiger partial charge in [-0.25, -0.2) is 9.79 Å². The van der Waals surface area contributed by atoms with Crippen LogP contribution < -0.4 is 0 Å². The highest BCUT2D eigenvalue weighted by Gasteiger charge is 2.33. The minimum atomic E-state index is -0.748. The van der Waals surface area contributed by atoms with Gasteiger partial charge >= 0.3 is 5.97 Å². The summed E-state index contributed by atoms with van der Waals surface area (Å²) >= 11 is 0. The molecule has 1 fully saturated rings. The lowest BCUT2D eigenvalue weighted by Gasteiger charge is -2.03. The van der Waals surface area contributed by atoms with Gasteiger partial charge in [-0.1, -0.05) is 48.0 Å². The van der Waals surface area contributed by atoms with E-state index < -0.39 is 17.5 Å². The number of aliphatic hydroxyl groups is 1. The lowest BCUT2D eigenvalue weighted by Crippen LogP contribution is -2.13. The Bertz CT molecular complexity index is 849. The molecule has 0 radical (unpaired) electrons. The Hall–Kier alpha value is -3.21. The predicted octanol–water partition coefficient (Wildman–Crippen LogP) is 3.32. The first-order valence-corrected chi connectivity index (χ1v) is 7.41. The summed E-state index contributed by atoms with van der Waals surface area (Å²) in [6.07, 6.45) is 0. The molecule has 5 heteroatoms. The summed E-state index contributed by atoms with van der Waals surface area (Å²) in [6, 6.07) is 15.6. The second kappa shape index (κ2) is 6.50. The lowest BCUT2D eigenvalue weighted by atomic mass is 10.0. The summed E-state index contributed by atoms with van der Waals surface area (Å²) in [5.74, 6) is -2.03. The van der Waals surface area contributed by atoms with E-state index in [2.05, 4.69) is 4.99 Å². The normalized spacial score (nSPS) is 17.7. The zero-order chi connectivity index (χ0) is 17.1. The van der Waals surface area contributed by atoms with Gasteiger partial charge in [0, 0.05) is 5.56 Å². The van der Waals surface area contributed by atoms with Crippen molar-refractivity contribution >= 4 is 23.2 Å². The molecule has 1 N–H and O–H groups in total. The molecule has 1 aliphatic rings. The van der Waals surface area contributed by atoms with Crippen molar-refractivity contribution in [1.82, 2.24) is 0 Å². The van der Waals surface area contributed by atoms with E-state index in [1.165, 1.54) is 0 Å². The number of rotatable bonds is 3. The van der Waals surface area contributed by atoms with Gasteiger partial charge in [-0.2, -0.15) is 0 Å². The zero-order valence-electron chi connectivity index (χ0n) is 13.0. The third kappa shape index (κ3) is 3.10. The molecule has 2 aromatic carbocycles. The second-order valence-electron chi connectivity index (χ2n) is 5.39. The van der Waals surface area contributed by atoms with E-state index in [0.717, 1.165) is 5.56 Å². The number of benzene rings is 2. The molecule has 0 spiro atoms. The zero-order valence-corrected chi connectivity index (χ0v) is 13.0. The number of aliphatic imine (C=N–C) groups is 1. The molecule has 0 unspecified atom stereocenters. The van der Waals surface area contributed by atoms with Crippen LogP contribution in [0, 0.1) is 6.92 Å². The molecule has 3 rings (SSSR count). The Kier molecular flexibility index (Phi) is 4.24. The number of aliphatic hydroxyl groups excluding tert-OH is 1. The fourth-order valence-corrected chi connectivity index (χ4v) is 2.33. The number of carbonyl (C=O) groups is 2. The highest BCUT2D eigenvalue weighted by atomic mass is 16.5. The standard InChI is InChI=1S/C19H15NO4/c1-12-7-9-14(10-8-12)20-15-11-24-19(23)16(15)18(22)17(21)13-5-3-2-4-6-13/h2-10,22H,11H2,1H3/b18-16+,20-15?. The first-order valence-electron chi connectivity index (χ1n) is 7.41. The van der Waals surface area contributed by atoms with Crippen LogP contribution in [-0.4, -0.2) is 29.2 Å². The largest absolute Gasteiger partial charge is 0.503 e.